The van der Waals surface area contributed by atoms with Crippen LogP contribution in [0.15, 0.2) is 12.3 Å². The zero-order chi connectivity index (χ0) is 16.9. The van der Waals surface area contributed by atoms with Gasteiger partial charge in [-0.1, -0.05) is 0 Å². The van der Waals surface area contributed by atoms with Crippen molar-refractivity contribution in [3.05, 3.63) is 18.0 Å². The molecule has 0 saturated carbocycles. The van der Waals surface area contributed by atoms with Gasteiger partial charge in [-0.15, -0.1) is 12.4 Å². The number of ether oxygens (including phenoxy) is 1. The first kappa shape index (κ1) is 20.4. The van der Waals surface area contributed by atoms with Crippen LogP contribution in [0.4, 0.5) is 19.1 Å². The molecule has 136 valence electrons. The second-order valence-electron chi connectivity index (χ2n) is 5.04. The molecule has 1 fully saturated rings. The van der Waals surface area contributed by atoms with Crippen molar-refractivity contribution in [3.63, 3.8) is 0 Å². The van der Waals surface area contributed by atoms with Gasteiger partial charge in [0.25, 0.3) is 0 Å². The lowest BCUT2D eigenvalue weighted by molar-refractivity contribution is -0.141. The van der Waals surface area contributed by atoms with E-state index in [1.165, 1.54) is 0 Å². The number of halogens is 4. The molecular formula is C13H19ClF3N5O2. The molecule has 7 nitrogen and oxygen atoms in total. The van der Waals surface area contributed by atoms with Crippen LogP contribution < -0.4 is 16.0 Å². The third-order valence-electron chi connectivity index (χ3n) is 3.39. The summed E-state index contributed by atoms with van der Waals surface area (Å²) in [6.45, 7) is 1.08. The highest BCUT2D eigenvalue weighted by Crippen LogP contribution is 2.27. The Hall–Kier alpha value is -1.65. The van der Waals surface area contributed by atoms with Crippen LogP contribution >= 0.6 is 12.4 Å². The Bertz CT molecular complexity index is 547. The molecule has 1 aromatic rings. The van der Waals surface area contributed by atoms with Crippen molar-refractivity contribution in [1.82, 2.24) is 20.6 Å². The standard InChI is InChI=1S/C13H18F3N5O2.ClH/c1-23-8-6-9(20-7-8)11(22)17-4-5-19-12-18-3-2-10(21-12)13(14,15)16;/h2-3,8-9,20H,4-7H2,1H3,(H,17,22)(H,18,19,21);1H/t8-,9-;/m0./s1. The maximum absolute atomic E-state index is 12.5. The summed E-state index contributed by atoms with van der Waals surface area (Å²) in [5, 5.41) is 8.36. The fraction of sp³-hybridized carbons (Fsp3) is 0.615. The van der Waals surface area contributed by atoms with E-state index < -0.39 is 11.9 Å². The van der Waals surface area contributed by atoms with E-state index >= 15 is 0 Å². The zero-order valence-corrected chi connectivity index (χ0v) is 13.7. The minimum atomic E-state index is -4.51. The van der Waals surface area contributed by atoms with Crippen LogP contribution in [0.25, 0.3) is 0 Å². The Morgan fingerprint density at radius 3 is 2.83 bits per heavy atom. The maximum atomic E-state index is 12.5. The number of anilines is 1. The van der Waals surface area contributed by atoms with Gasteiger partial charge in [-0.2, -0.15) is 13.2 Å². The molecule has 11 heteroatoms. The molecule has 0 unspecified atom stereocenters. The molecule has 0 spiro atoms. The SMILES string of the molecule is CO[C@@H]1CN[C@H](C(=O)NCCNc2nccc(C(F)(F)F)n2)C1.Cl. The average molecular weight is 370 g/mol. The molecule has 2 rings (SSSR count). The molecule has 1 amide bonds. The van der Waals surface area contributed by atoms with E-state index in [0.29, 0.717) is 13.0 Å². The number of amides is 1. The summed E-state index contributed by atoms with van der Waals surface area (Å²) in [6, 6.07) is 0.482. The molecule has 0 aliphatic carbocycles. The van der Waals surface area contributed by atoms with Gasteiger partial charge in [-0.05, 0) is 12.5 Å². The van der Waals surface area contributed by atoms with Crippen molar-refractivity contribution in [2.24, 2.45) is 0 Å². The molecule has 1 aromatic heterocycles. The number of aromatic nitrogens is 2. The van der Waals surface area contributed by atoms with Crippen LogP contribution in [0.1, 0.15) is 12.1 Å². The molecular weight excluding hydrogens is 351 g/mol. The second kappa shape index (κ2) is 9.00. The van der Waals surface area contributed by atoms with Gasteiger partial charge in [0.1, 0.15) is 5.69 Å². The normalized spacial score (nSPS) is 20.3. The van der Waals surface area contributed by atoms with Gasteiger partial charge in [0.15, 0.2) is 0 Å². The van der Waals surface area contributed by atoms with Gasteiger partial charge in [0.2, 0.25) is 11.9 Å². The lowest BCUT2D eigenvalue weighted by Gasteiger charge is -2.12. The van der Waals surface area contributed by atoms with E-state index in [1.54, 1.807) is 7.11 Å². The lowest BCUT2D eigenvalue weighted by atomic mass is 10.2. The lowest BCUT2D eigenvalue weighted by Crippen LogP contribution is -2.42. The fourth-order valence-corrected chi connectivity index (χ4v) is 2.17. The van der Waals surface area contributed by atoms with Crippen molar-refractivity contribution >= 4 is 24.3 Å². The number of carbonyl (C=O) groups excluding carboxylic acids is 1. The van der Waals surface area contributed by atoms with E-state index in [0.717, 1.165) is 12.3 Å². The van der Waals surface area contributed by atoms with Gasteiger partial charge < -0.3 is 20.7 Å². The predicted octanol–water partition coefficient (Wildman–Crippen LogP) is 0.822. The Balaban J connectivity index is 0.00000288. The number of nitrogens with zero attached hydrogens (tertiary/aromatic N) is 2. The first-order chi connectivity index (χ1) is 10.9. The summed E-state index contributed by atoms with van der Waals surface area (Å²) >= 11 is 0. The van der Waals surface area contributed by atoms with Crippen molar-refractivity contribution in [3.8, 4) is 0 Å². The van der Waals surface area contributed by atoms with Crippen LogP contribution in [0.3, 0.4) is 0 Å². The average Bonchev–Trinajstić information content (AvgIpc) is 3.00. The fourth-order valence-electron chi connectivity index (χ4n) is 2.17. The highest BCUT2D eigenvalue weighted by Gasteiger charge is 2.32. The van der Waals surface area contributed by atoms with Crippen molar-refractivity contribution in [2.75, 3.05) is 32.1 Å². The number of methoxy groups -OCH3 is 1. The molecule has 1 aliphatic heterocycles. The first-order valence-corrected chi connectivity index (χ1v) is 7.08. The number of hydrogen-bond acceptors (Lipinski definition) is 6. The summed E-state index contributed by atoms with van der Waals surface area (Å²) in [4.78, 5) is 18.9. The van der Waals surface area contributed by atoms with Crippen molar-refractivity contribution < 1.29 is 22.7 Å². The van der Waals surface area contributed by atoms with Crippen LogP contribution in [-0.2, 0) is 15.7 Å². The Labute approximate surface area is 143 Å². The minimum absolute atomic E-state index is 0. The molecule has 3 N–H and O–H groups in total. The summed E-state index contributed by atoms with van der Waals surface area (Å²) in [6.07, 6.45) is -2.88. The molecule has 0 radical (unpaired) electrons. The third kappa shape index (κ3) is 5.77. The molecule has 0 bridgehead atoms. The highest BCUT2D eigenvalue weighted by molar-refractivity contribution is 5.85. The van der Waals surface area contributed by atoms with E-state index in [2.05, 4.69) is 25.9 Å². The Morgan fingerprint density at radius 2 is 2.21 bits per heavy atom. The minimum Gasteiger partial charge on any atom is -0.380 e. The summed E-state index contributed by atoms with van der Waals surface area (Å²) in [5.41, 5.74) is -1.01. The number of carbonyl (C=O) groups is 1. The second-order valence-corrected chi connectivity index (χ2v) is 5.04. The van der Waals surface area contributed by atoms with Gasteiger partial charge in [-0.3, -0.25) is 4.79 Å². The van der Waals surface area contributed by atoms with Gasteiger partial charge in [-0.25, -0.2) is 9.97 Å². The quantitative estimate of drug-likeness (QED) is 0.644. The predicted molar refractivity (Wildman–Crippen MR) is 83.0 cm³/mol. The molecule has 24 heavy (non-hydrogen) atoms. The summed E-state index contributed by atoms with van der Waals surface area (Å²) in [7, 11) is 1.59. The molecule has 2 heterocycles. The number of alkyl halides is 3. The summed E-state index contributed by atoms with van der Waals surface area (Å²) in [5.74, 6) is -0.302. The van der Waals surface area contributed by atoms with E-state index in [9.17, 15) is 18.0 Å². The van der Waals surface area contributed by atoms with Gasteiger partial charge in [0, 0.05) is 32.9 Å². The highest BCUT2D eigenvalue weighted by atomic mass is 35.5. The third-order valence-corrected chi connectivity index (χ3v) is 3.39. The first-order valence-electron chi connectivity index (χ1n) is 7.08. The Morgan fingerprint density at radius 1 is 1.46 bits per heavy atom. The van der Waals surface area contributed by atoms with Gasteiger partial charge in [0.05, 0.1) is 12.1 Å². The Kier molecular flexibility index (Phi) is 7.64. The smallest absolute Gasteiger partial charge is 0.380 e. The van der Waals surface area contributed by atoms with E-state index in [-0.39, 0.29) is 49.5 Å². The number of rotatable bonds is 6. The zero-order valence-electron chi connectivity index (χ0n) is 12.9. The monoisotopic (exact) mass is 369 g/mol. The van der Waals surface area contributed by atoms with Crippen LogP contribution in [0.2, 0.25) is 0 Å². The van der Waals surface area contributed by atoms with E-state index in [1.807, 2.05) is 0 Å². The van der Waals surface area contributed by atoms with Crippen molar-refractivity contribution in [2.45, 2.75) is 24.7 Å². The largest absolute Gasteiger partial charge is 0.433 e. The summed E-state index contributed by atoms with van der Waals surface area (Å²) < 4.78 is 42.7. The van der Waals surface area contributed by atoms with Crippen LogP contribution in [-0.4, -0.2) is 54.8 Å². The molecule has 2 atom stereocenters. The van der Waals surface area contributed by atoms with Crippen molar-refractivity contribution in [1.29, 1.82) is 0 Å². The topological polar surface area (TPSA) is 88.2 Å². The van der Waals surface area contributed by atoms with Crippen LogP contribution in [0.5, 0.6) is 0 Å². The molecule has 1 saturated heterocycles. The number of hydrogen-bond donors (Lipinski definition) is 3. The van der Waals surface area contributed by atoms with E-state index in [4.69, 9.17) is 4.74 Å². The number of nitrogens with one attached hydrogen (secondary N) is 3. The maximum Gasteiger partial charge on any atom is 0.433 e. The van der Waals surface area contributed by atoms with Gasteiger partial charge >= 0.3 is 6.18 Å². The molecule has 1 aliphatic rings. The molecule has 0 aromatic carbocycles. The van der Waals surface area contributed by atoms with Crippen LogP contribution in [0, 0.1) is 0 Å².